The van der Waals surface area contributed by atoms with E-state index in [1.165, 1.54) is 0 Å². The van der Waals surface area contributed by atoms with Crippen LogP contribution < -0.4 is 15.8 Å². The molecule has 1 aromatic rings. The van der Waals surface area contributed by atoms with E-state index in [0.717, 1.165) is 37.3 Å². The molecule has 0 saturated heterocycles. The number of hydrogen-bond acceptors (Lipinski definition) is 3. The largest absolute Gasteiger partial charge is 0.487 e. The normalized spacial score (nSPS) is 21.6. The van der Waals surface area contributed by atoms with Crippen LogP contribution in [0.15, 0.2) is 24.3 Å². The van der Waals surface area contributed by atoms with Crippen LogP contribution in [0.4, 0.5) is 5.69 Å². The number of carbonyl (C=O) groups excluding carboxylic acids is 1. The first kappa shape index (κ1) is 15.8. The zero-order valence-electron chi connectivity index (χ0n) is 12.3. The molecule has 4 nitrogen and oxygen atoms in total. The summed E-state index contributed by atoms with van der Waals surface area (Å²) in [5.41, 5.74) is 6.17. The van der Waals surface area contributed by atoms with Crippen molar-refractivity contribution in [2.75, 3.05) is 11.9 Å². The summed E-state index contributed by atoms with van der Waals surface area (Å²) in [6, 6.07) is 7.27. The van der Waals surface area contributed by atoms with Crippen molar-refractivity contribution in [2.24, 2.45) is 17.6 Å². The lowest BCUT2D eigenvalue weighted by atomic mass is 9.82. The van der Waals surface area contributed by atoms with Gasteiger partial charge in [0.2, 0.25) is 5.91 Å². The van der Waals surface area contributed by atoms with E-state index >= 15 is 0 Å². The van der Waals surface area contributed by atoms with E-state index in [2.05, 4.69) is 12.2 Å². The van der Waals surface area contributed by atoms with E-state index < -0.39 is 0 Å². The van der Waals surface area contributed by atoms with Gasteiger partial charge >= 0.3 is 0 Å². The van der Waals surface area contributed by atoms with Crippen LogP contribution in [0.25, 0.3) is 0 Å². The van der Waals surface area contributed by atoms with E-state index in [-0.39, 0.29) is 18.4 Å². The predicted octanol–water partition coefficient (Wildman–Crippen LogP) is 3.12. The summed E-state index contributed by atoms with van der Waals surface area (Å²) >= 11 is 4.75. The molecule has 3 N–H and O–H groups in total. The van der Waals surface area contributed by atoms with Crippen LogP contribution >= 0.6 is 12.2 Å². The van der Waals surface area contributed by atoms with E-state index in [0.29, 0.717) is 10.7 Å². The molecule has 0 spiro atoms. The molecule has 1 saturated carbocycles. The summed E-state index contributed by atoms with van der Waals surface area (Å²) in [5.74, 6) is 1.71. The summed E-state index contributed by atoms with van der Waals surface area (Å²) in [7, 11) is 0. The molecule has 21 heavy (non-hydrogen) atoms. The molecule has 114 valence electrons. The van der Waals surface area contributed by atoms with E-state index in [1.807, 2.05) is 12.1 Å². The van der Waals surface area contributed by atoms with Gasteiger partial charge in [-0.05, 0) is 55.9 Å². The van der Waals surface area contributed by atoms with Gasteiger partial charge in [-0.1, -0.05) is 19.1 Å². The Morgan fingerprint density at radius 1 is 1.29 bits per heavy atom. The SMILES string of the molecule is CC1CCC(C(=O)Nc2ccc(OCC(N)=S)cc2)CC1. The third kappa shape index (κ3) is 5.01. The molecule has 1 aromatic carbocycles. The van der Waals surface area contributed by atoms with Crippen LogP contribution in [0.5, 0.6) is 5.75 Å². The average Bonchev–Trinajstić information content (AvgIpc) is 2.47. The molecule has 0 aromatic heterocycles. The standard InChI is InChI=1S/C16H22N2O2S/c1-11-2-4-12(5-3-11)16(19)18-13-6-8-14(9-7-13)20-10-15(17)21/h6-9,11-12H,2-5,10H2,1H3,(H2,17,21)(H,18,19). The van der Waals surface area contributed by atoms with Crippen molar-refractivity contribution < 1.29 is 9.53 Å². The van der Waals surface area contributed by atoms with Crippen molar-refractivity contribution in [2.45, 2.75) is 32.6 Å². The Hall–Kier alpha value is -1.62. The maximum absolute atomic E-state index is 12.2. The monoisotopic (exact) mass is 306 g/mol. The van der Waals surface area contributed by atoms with Gasteiger partial charge in [0.1, 0.15) is 17.3 Å². The number of nitrogens with one attached hydrogen (secondary N) is 1. The number of anilines is 1. The lowest BCUT2D eigenvalue weighted by Gasteiger charge is -2.25. The van der Waals surface area contributed by atoms with Gasteiger partial charge in [0.15, 0.2) is 0 Å². The molecule has 1 aliphatic carbocycles. The predicted molar refractivity (Wildman–Crippen MR) is 88.5 cm³/mol. The van der Waals surface area contributed by atoms with Gasteiger partial charge in [0.25, 0.3) is 0 Å². The first-order valence-corrected chi connectivity index (χ1v) is 7.77. The molecule has 1 fully saturated rings. The Bertz CT molecular complexity index is 494. The molecule has 0 radical (unpaired) electrons. The first-order chi connectivity index (χ1) is 10.0. The Kier molecular flexibility index (Phi) is 5.56. The molecule has 5 heteroatoms. The highest BCUT2D eigenvalue weighted by Gasteiger charge is 2.24. The Labute approximate surface area is 131 Å². The fourth-order valence-corrected chi connectivity index (χ4v) is 2.61. The molecule has 1 amide bonds. The minimum Gasteiger partial charge on any atom is -0.487 e. The molecule has 0 atom stereocenters. The molecule has 0 heterocycles. The van der Waals surface area contributed by atoms with Crippen LogP contribution in [-0.2, 0) is 4.79 Å². The summed E-state index contributed by atoms with van der Waals surface area (Å²) in [4.78, 5) is 12.5. The molecule has 0 bridgehead atoms. The number of benzene rings is 1. The van der Waals surface area contributed by atoms with E-state index in [9.17, 15) is 4.79 Å². The molecule has 0 aliphatic heterocycles. The van der Waals surface area contributed by atoms with Gasteiger partial charge in [0.05, 0.1) is 0 Å². The van der Waals surface area contributed by atoms with Crippen LogP contribution in [0.3, 0.4) is 0 Å². The van der Waals surface area contributed by atoms with Gasteiger partial charge in [0, 0.05) is 11.6 Å². The van der Waals surface area contributed by atoms with E-state index in [1.54, 1.807) is 12.1 Å². The lowest BCUT2D eigenvalue weighted by molar-refractivity contribution is -0.121. The highest BCUT2D eigenvalue weighted by Crippen LogP contribution is 2.29. The molecule has 2 rings (SSSR count). The number of rotatable bonds is 5. The molecular formula is C16H22N2O2S. The number of hydrogen-bond donors (Lipinski definition) is 2. The highest BCUT2D eigenvalue weighted by molar-refractivity contribution is 7.80. The summed E-state index contributed by atoms with van der Waals surface area (Å²) in [6.07, 6.45) is 4.26. The van der Waals surface area contributed by atoms with Crippen LogP contribution in [0, 0.1) is 11.8 Å². The van der Waals surface area contributed by atoms with Crippen LogP contribution in [0.1, 0.15) is 32.6 Å². The van der Waals surface area contributed by atoms with Crippen LogP contribution in [-0.4, -0.2) is 17.5 Å². The third-order valence-electron chi connectivity index (χ3n) is 3.89. The maximum Gasteiger partial charge on any atom is 0.227 e. The van der Waals surface area contributed by atoms with Crippen LogP contribution in [0.2, 0.25) is 0 Å². The second kappa shape index (κ2) is 7.41. The van der Waals surface area contributed by atoms with Crippen molar-refractivity contribution >= 4 is 28.8 Å². The summed E-state index contributed by atoms with van der Waals surface area (Å²) in [6.45, 7) is 2.47. The third-order valence-corrected chi connectivity index (χ3v) is 4.01. The second-order valence-corrected chi connectivity index (χ2v) is 6.25. The fraction of sp³-hybridized carbons (Fsp3) is 0.500. The first-order valence-electron chi connectivity index (χ1n) is 7.36. The minimum atomic E-state index is 0.124. The van der Waals surface area contributed by atoms with Crippen molar-refractivity contribution in [3.63, 3.8) is 0 Å². The Morgan fingerprint density at radius 2 is 1.90 bits per heavy atom. The van der Waals surface area contributed by atoms with Gasteiger partial charge in [-0.2, -0.15) is 0 Å². The number of carbonyl (C=O) groups is 1. The molecule has 1 aliphatic rings. The smallest absolute Gasteiger partial charge is 0.227 e. The molecular weight excluding hydrogens is 284 g/mol. The maximum atomic E-state index is 12.2. The van der Waals surface area contributed by atoms with Crippen molar-refractivity contribution in [3.05, 3.63) is 24.3 Å². The van der Waals surface area contributed by atoms with Crippen molar-refractivity contribution in [3.8, 4) is 5.75 Å². The van der Waals surface area contributed by atoms with Gasteiger partial charge in [-0.15, -0.1) is 0 Å². The van der Waals surface area contributed by atoms with Gasteiger partial charge in [-0.3, -0.25) is 4.79 Å². The van der Waals surface area contributed by atoms with Crippen molar-refractivity contribution in [1.29, 1.82) is 0 Å². The number of nitrogens with two attached hydrogens (primary N) is 1. The minimum absolute atomic E-state index is 0.124. The van der Waals surface area contributed by atoms with Gasteiger partial charge < -0.3 is 15.8 Å². The molecule has 0 unspecified atom stereocenters. The fourth-order valence-electron chi connectivity index (χ4n) is 2.56. The zero-order chi connectivity index (χ0) is 15.2. The average molecular weight is 306 g/mol. The Morgan fingerprint density at radius 3 is 2.48 bits per heavy atom. The lowest BCUT2D eigenvalue weighted by Crippen LogP contribution is -2.26. The number of ether oxygens (including phenoxy) is 1. The van der Waals surface area contributed by atoms with Gasteiger partial charge in [-0.25, -0.2) is 0 Å². The Balaban J connectivity index is 1.85. The summed E-state index contributed by atoms with van der Waals surface area (Å²) < 4.78 is 5.38. The highest BCUT2D eigenvalue weighted by atomic mass is 32.1. The second-order valence-electron chi connectivity index (χ2n) is 5.73. The topological polar surface area (TPSA) is 64.3 Å². The summed E-state index contributed by atoms with van der Waals surface area (Å²) in [5, 5.41) is 2.97. The zero-order valence-corrected chi connectivity index (χ0v) is 13.1. The quantitative estimate of drug-likeness (QED) is 0.820. The number of thiocarbonyl (C=S) groups is 1. The number of amides is 1. The van der Waals surface area contributed by atoms with Crippen molar-refractivity contribution in [1.82, 2.24) is 0 Å². The van der Waals surface area contributed by atoms with E-state index in [4.69, 9.17) is 22.7 Å².